The molecular weight excluding hydrogens is 342 g/mol. The van der Waals surface area contributed by atoms with Crippen molar-refractivity contribution in [1.82, 2.24) is 10.2 Å². The molecule has 0 radical (unpaired) electrons. The van der Waals surface area contributed by atoms with E-state index in [1.54, 1.807) is 0 Å². The van der Waals surface area contributed by atoms with Gasteiger partial charge in [0.1, 0.15) is 6.10 Å². The van der Waals surface area contributed by atoms with Crippen molar-refractivity contribution in [1.29, 1.82) is 0 Å². The summed E-state index contributed by atoms with van der Waals surface area (Å²) in [6.07, 6.45) is 2.61. The lowest BCUT2D eigenvalue weighted by molar-refractivity contribution is -0.0817. The summed E-state index contributed by atoms with van der Waals surface area (Å²) in [6.45, 7) is 7.69. The van der Waals surface area contributed by atoms with Gasteiger partial charge in [-0.3, -0.25) is 4.99 Å². The Balaban J connectivity index is 1.38. The number of morpholine rings is 1. The number of ether oxygens (including phenoxy) is 3. The minimum Gasteiger partial charge on any atom is -0.376 e. The van der Waals surface area contributed by atoms with Gasteiger partial charge in [0.15, 0.2) is 5.96 Å². The Morgan fingerprint density at radius 2 is 2.07 bits per heavy atom. The second-order valence-corrected chi connectivity index (χ2v) is 7.44. The van der Waals surface area contributed by atoms with Crippen LogP contribution in [0.5, 0.6) is 0 Å². The Morgan fingerprint density at radius 3 is 2.81 bits per heavy atom. The topological polar surface area (TPSA) is 55.3 Å². The first-order chi connectivity index (χ1) is 13.3. The molecule has 2 heterocycles. The molecule has 2 aliphatic heterocycles. The van der Waals surface area contributed by atoms with Crippen molar-refractivity contribution in [3.8, 4) is 0 Å². The number of rotatable bonds is 7. The zero-order valence-corrected chi connectivity index (χ0v) is 16.6. The van der Waals surface area contributed by atoms with Crippen LogP contribution in [0.4, 0.5) is 0 Å². The molecule has 2 fully saturated rings. The quantitative estimate of drug-likeness (QED) is 0.585. The van der Waals surface area contributed by atoms with Gasteiger partial charge in [0.05, 0.1) is 25.9 Å². The van der Waals surface area contributed by atoms with Crippen LogP contribution < -0.4 is 5.32 Å². The molecular formula is C21H33N3O3. The maximum absolute atomic E-state index is 5.94. The molecule has 150 valence electrons. The van der Waals surface area contributed by atoms with Crippen LogP contribution in [0.15, 0.2) is 35.3 Å². The Morgan fingerprint density at radius 1 is 1.26 bits per heavy atom. The van der Waals surface area contributed by atoms with Gasteiger partial charge in [-0.1, -0.05) is 37.3 Å². The van der Waals surface area contributed by atoms with Crippen molar-refractivity contribution >= 4 is 5.96 Å². The summed E-state index contributed by atoms with van der Waals surface area (Å²) in [5.74, 6) is 1.34. The molecule has 27 heavy (non-hydrogen) atoms. The summed E-state index contributed by atoms with van der Waals surface area (Å²) < 4.78 is 17.6. The minimum atomic E-state index is 0.145. The summed E-state index contributed by atoms with van der Waals surface area (Å²) in [7, 11) is 1.84. The molecule has 0 aromatic heterocycles. The van der Waals surface area contributed by atoms with E-state index in [1.165, 1.54) is 5.56 Å². The molecule has 0 bridgehead atoms. The van der Waals surface area contributed by atoms with Crippen LogP contribution in [-0.2, 0) is 20.8 Å². The second-order valence-electron chi connectivity index (χ2n) is 7.44. The highest BCUT2D eigenvalue weighted by Crippen LogP contribution is 2.21. The van der Waals surface area contributed by atoms with Gasteiger partial charge in [-0.25, -0.2) is 0 Å². The third-order valence-electron chi connectivity index (χ3n) is 5.11. The molecule has 0 aliphatic carbocycles. The fourth-order valence-electron chi connectivity index (χ4n) is 3.60. The van der Waals surface area contributed by atoms with Gasteiger partial charge in [0.2, 0.25) is 0 Å². The Hall–Kier alpha value is -1.63. The molecule has 6 nitrogen and oxygen atoms in total. The van der Waals surface area contributed by atoms with E-state index in [9.17, 15) is 0 Å². The van der Waals surface area contributed by atoms with E-state index >= 15 is 0 Å². The van der Waals surface area contributed by atoms with Gasteiger partial charge in [0.25, 0.3) is 0 Å². The van der Waals surface area contributed by atoms with Crippen LogP contribution in [0.3, 0.4) is 0 Å². The fraction of sp³-hybridized carbons (Fsp3) is 0.667. The van der Waals surface area contributed by atoms with E-state index in [4.69, 9.17) is 14.2 Å². The highest BCUT2D eigenvalue weighted by Gasteiger charge is 2.32. The van der Waals surface area contributed by atoms with Crippen LogP contribution in [0.25, 0.3) is 0 Å². The number of aliphatic imine (C=N–C) groups is 1. The standard InChI is InChI=1S/C21H33N3O3/c1-17(15-25-16-18-7-4-3-5-8-18)13-23-21(22-2)24-10-12-27-20(14-24)19-9-6-11-26-19/h3-5,7-8,17,19-20H,6,9-16H2,1-2H3,(H,22,23). The monoisotopic (exact) mass is 375 g/mol. The molecule has 1 N–H and O–H groups in total. The number of hydrogen-bond donors (Lipinski definition) is 1. The second kappa shape index (κ2) is 10.6. The number of nitrogens with zero attached hydrogens (tertiary/aromatic N) is 2. The number of nitrogens with one attached hydrogen (secondary N) is 1. The molecule has 2 aliphatic rings. The molecule has 2 saturated heterocycles. The zero-order valence-electron chi connectivity index (χ0n) is 16.6. The summed E-state index contributed by atoms with van der Waals surface area (Å²) in [5.41, 5.74) is 1.21. The normalized spacial score (nSPS) is 24.8. The van der Waals surface area contributed by atoms with Gasteiger partial charge in [-0.05, 0) is 24.3 Å². The van der Waals surface area contributed by atoms with Crippen LogP contribution in [0, 0.1) is 5.92 Å². The first-order valence-corrected chi connectivity index (χ1v) is 10.1. The zero-order chi connectivity index (χ0) is 18.9. The van der Waals surface area contributed by atoms with Crippen LogP contribution in [-0.4, -0.2) is 69.6 Å². The van der Waals surface area contributed by atoms with E-state index in [-0.39, 0.29) is 12.2 Å². The predicted molar refractivity (Wildman–Crippen MR) is 107 cm³/mol. The summed E-state index contributed by atoms with van der Waals surface area (Å²) in [4.78, 5) is 6.75. The van der Waals surface area contributed by atoms with Gasteiger partial charge >= 0.3 is 0 Å². The molecule has 0 spiro atoms. The number of benzene rings is 1. The molecule has 3 atom stereocenters. The Labute approximate surface area is 162 Å². The first-order valence-electron chi connectivity index (χ1n) is 10.1. The largest absolute Gasteiger partial charge is 0.376 e. The molecule has 6 heteroatoms. The fourth-order valence-corrected chi connectivity index (χ4v) is 3.60. The van der Waals surface area contributed by atoms with Crippen molar-refractivity contribution in [2.45, 2.75) is 38.6 Å². The van der Waals surface area contributed by atoms with E-state index in [0.29, 0.717) is 12.5 Å². The predicted octanol–water partition coefficient (Wildman–Crippen LogP) is 2.29. The Bertz CT molecular complexity index is 575. The molecule has 0 saturated carbocycles. The Kier molecular flexibility index (Phi) is 7.93. The van der Waals surface area contributed by atoms with Gasteiger partial charge < -0.3 is 24.4 Å². The van der Waals surface area contributed by atoms with Crippen molar-refractivity contribution in [2.24, 2.45) is 10.9 Å². The SMILES string of the molecule is CN=C(NCC(C)COCc1ccccc1)N1CCOC(C2CCCO2)C1. The maximum Gasteiger partial charge on any atom is 0.193 e. The maximum atomic E-state index is 5.94. The average Bonchev–Trinajstić information content (AvgIpc) is 3.24. The third-order valence-corrected chi connectivity index (χ3v) is 5.11. The van der Waals surface area contributed by atoms with E-state index in [0.717, 1.165) is 58.3 Å². The van der Waals surface area contributed by atoms with Crippen molar-refractivity contribution in [3.63, 3.8) is 0 Å². The van der Waals surface area contributed by atoms with Crippen LogP contribution in [0.2, 0.25) is 0 Å². The lowest BCUT2D eigenvalue weighted by atomic mass is 10.1. The summed E-state index contributed by atoms with van der Waals surface area (Å²) in [6, 6.07) is 10.3. The average molecular weight is 376 g/mol. The van der Waals surface area contributed by atoms with Crippen LogP contribution in [0.1, 0.15) is 25.3 Å². The van der Waals surface area contributed by atoms with Gasteiger partial charge in [-0.15, -0.1) is 0 Å². The van der Waals surface area contributed by atoms with E-state index in [2.05, 4.69) is 34.3 Å². The van der Waals surface area contributed by atoms with Gasteiger partial charge in [0, 0.05) is 33.3 Å². The first kappa shape index (κ1) is 20.1. The number of guanidine groups is 1. The van der Waals surface area contributed by atoms with Crippen molar-refractivity contribution < 1.29 is 14.2 Å². The van der Waals surface area contributed by atoms with Gasteiger partial charge in [-0.2, -0.15) is 0 Å². The number of hydrogen-bond acceptors (Lipinski definition) is 4. The highest BCUT2D eigenvalue weighted by molar-refractivity contribution is 5.80. The molecule has 1 aromatic carbocycles. The van der Waals surface area contributed by atoms with Crippen molar-refractivity contribution in [3.05, 3.63) is 35.9 Å². The molecule has 0 amide bonds. The highest BCUT2D eigenvalue weighted by atomic mass is 16.5. The van der Waals surface area contributed by atoms with Crippen LogP contribution >= 0.6 is 0 Å². The summed E-state index contributed by atoms with van der Waals surface area (Å²) in [5, 5.41) is 3.50. The molecule has 3 rings (SSSR count). The third kappa shape index (κ3) is 6.19. The lowest BCUT2D eigenvalue weighted by Crippen LogP contribution is -2.53. The molecule has 1 aromatic rings. The summed E-state index contributed by atoms with van der Waals surface area (Å²) >= 11 is 0. The smallest absolute Gasteiger partial charge is 0.193 e. The molecule has 3 unspecified atom stereocenters. The minimum absolute atomic E-state index is 0.145. The van der Waals surface area contributed by atoms with Crippen molar-refractivity contribution in [2.75, 3.05) is 46.5 Å². The van der Waals surface area contributed by atoms with E-state index in [1.807, 2.05) is 25.2 Å². The van der Waals surface area contributed by atoms with E-state index < -0.39 is 0 Å². The lowest BCUT2D eigenvalue weighted by Gasteiger charge is -2.37.